The van der Waals surface area contributed by atoms with Crippen LogP contribution >= 0.6 is 12.2 Å². The lowest BCUT2D eigenvalue weighted by Gasteiger charge is -2.56. The Morgan fingerprint density at radius 2 is 1.67 bits per heavy atom. The van der Waals surface area contributed by atoms with Gasteiger partial charge in [-0.3, -0.25) is 4.72 Å². The van der Waals surface area contributed by atoms with Gasteiger partial charge >= 0.3 is 21.2 Å². The number of hydrogen-bond donors (Lipinski definition) is 1. The number of carbonyl (C=O) groups is 1. The predicted octanol–water partition coefficient (Wildman–Crippen LogP) is 2.61. The standard InChI is InChI=1S/C15H21F2NO4S2/c1-9(23)18-24(20,21)15(16,17)13(19)22-8-14-5-10-2-11(6-14)4-12(3-10)7-14/h10-12H,2-8H2,1H3,(H,18,23). The number of alkyl halides is 2. The van der Waals surface area contributed by atoms with Gasteiger partial charge < -0.3 is 4.74 Å². The van der Waals surface area contributed by atoms with E-state index in [1.807, 2.05) is 0 Å². The third kappa shape index (κ3) is 3.16. The molecule has 136 valence electrons. The van der Waals surface area contributed by atoms with Gasteiger partial charge in [-0.15, -0.1) is 0 Å². The average molecular weight is 381 g/mol. The van der Waals surface area contributed by atoms with Gasteiger partial charge in [-0.1, -0.05) is 12.2 Å². The minimum absolute atomic E-state index is 0.128. The summed E-state index contributed by atoms with van der Waals surface area (Å²) in [5.74, 6) is -0.281. The molecule has 0 aromatic carbocycles. The largest absolute Gasteiger partial charge is 0.460 e. The quantitative estimate of drug-likeness (QED) is 0.585. The Morgan fingerprint density at radius 1 is 1.21 bits per heavy atom. The summed E-state index contributed by atoms with van der Waals surface area (Å²) in [6, 6.07) is 0. The molecular weight excluding hydrogens is 360 g/mol. The maximum Gasteiger partial charge on any atom is 0.459 e. The van der Waals surface area contributed by atoms with Crippen LogP contribution in [0.25, 0.3) is 0 Å². The second-order valence-corrected chi connectivity index (χ2v) is 10.0. The van der Waals surface area contributed by atoms with Gasteiger partial charge in [0, 0.05) is 5.41 Å². The van der Waals surface area contributed by atoms with Crippen LogP contribution in [0.2, 0.25) is 0 Å². The molecule has 4 saturated carbocycles. The van der Waals surface area contributed by atoms with E-state index in [4.69, 9.17) is 4.74 Å². The molecule has 0 atom stereocenters. The lowest BCUT2D eigenvalue weighted by atomic mass is 9.50. The average Bonchev–Trinajstić information content (AvgIpc) is 2.41. The van der Waals surface area contributed by atoms with Crippen LogP contribution < -0.4 is 4.72 Å². The Kier molecular flexibility index (Phi) is 4.39. The minimum Gasteiger partial charge on any atom is -0.460 e. The minimum atomic E-state index is -5.24. The molecule has 0 aromatic rings. The molecule has 24 heavy (non-hydrogen) atoms. The zero-order valence-corrected chi connectivity index (χ0v) is 15.0. The lowest BCUT2D eigenvalue weighted by Crippen LogP contribution is -2.51. The van der Waals surface area contributed by atoms with E-state index >= 15 is 0 Å². The van der Waals surface area contributed by atoms with E-state index in [0.29, 0.717) is 17.8 Å². The van der Waals surface area contributed by atoms with E-state index in [2.05, 4.69) is 12.2 Å². The summed E-state index contributed by atoms with van der Waals surface area (Å²) < 4.78 is 57.3. The second kappa shape index (κ2) is 5.86. The van der Waals surface area contributed by atoms with Crippen molar-refractivity contribution in [2.75, 3.05) is 6.61 Å². The van der Waals surface area contributed by atoms with Crippen LogP contribution in [0.3, 0.4) is 0 Å². The van der Waals surface area contributed by atoms with Gasteiger partial charge in [0.25, 0.3) is 0 Å². The zero-order valence-electron chi connectivity index (χ0n) is 13.4. The van der Waals surface area contributed by atoms with E-state index in [1.165, 1.54) is 24.0 Å². The maximum atomic E-state index is 13.9. The van der Waals surface area contributed by atoms with Crippen LogP contribution in [-0.4, -0.2) is 31.2 Å². The van der Waals surface area contributed by atoms with E-state index in [0.717, 1.165) is 26.2 Å². The smallest absolute Gasteiger partial charge is 0.459 e. The Morgan fingerprint density at radius 3 is 2.08 bits per heavy atom. The Balaban J connectivity index is 1.66. The van der Waals surface area contributed by atoms with E-state index in [1.54, 1.807) is 0 Å². The van der Waals surface area contributed by atoms with Crippen molar-refractivity contribution in [1.82, 2.24) is 4.72 Å². The Hall–Kier alpha value is -0.830. The molecule has 0 radical (unpaired) electrons. The second-order valence-electron chi connectivity index (χ2n) is 7.67. The third-order valence-electron chi connectivity index (χ3n) is 5.53. The Bertz CT molecular complexity index is 627. The van der Waals surface area contributed by atoms with E-state index in [9.17, 15) is 22.0 Å². The highest BCUT2D eigenvalue weighted by atomic mass is 32.2. The number of rotatable bonds is 5. The topological polar surface area (TPSA) is 72.5 Å². The van der Waals surface area contributed by atoms with Gasteiger partial charge in [0.15, 0.2) is 0 Å². The molecule has 0 aromatic heterocycles. The van der Waals surface area contributed by atoms with Crippen molar-refractivity contribution in [3.05, 3.63) is 0 Å². The van der Waals surface area contributed by atoms with E-state index < -0.39 is 21.2 Å². The SMILES string of the molecule is CC(=S)NS(=O)(=O)C(F)(F)C(=O)OCC12CC3CC(CC(C3)C1)C2. The molecule has 4 bridgehead atoms. The highest BCUT2D eigenvalue weighted by Crippen LogP contribution is 2.60. The van der Waals surface area contributed by atoms with Crippen molar-refractivity contribution in [3.8, 4) is 0 Å². The molecule has 1 N–H and O–H groups in total. The molecule has 0 amide bonds. The molecule has 4 fully saturated rings. The predicted molar refractivity (Wildman–Crippen MR) is 86.8 cm³/mol. The zero-order chi connectivity index (χ0) is 17.8. The summed E-state index contributed by atoms with van der Waals surface area (Å²) >= 11 is 4.47. The molecule has 0 aliphatic heterocycles. The van der Waals surface area contributed by atoms with Gasteiger partial charge in [-0.2, -0.15) is 17.2 Å². The number of nitrogens with one attached hydrogen (secondary N) is 1. The van der Waals surface area contributed by atoms with Crippen molar-refractivity contribution in [2.24, 2.45) is 23.2 Å². The van der Waals surface area contributed by atoms with Crippen molar-refractivity contribution < 1.29 is 26.7 Å². The lowest BCUT2D eigenvalue weighted by molar-refractivity contribution is -0.171. The molecule has 0 unspecified atom stereocenters. The molecule has 4 rings (SSSR count). The number of hydrogen-bond acceptors (Lipinski definition) is 5. The van der Waals surface area contributed by atoms with Crippen LogP contribution in [0.1, 0.15) is 45.4 Å². The number of carbonyl (C=O) groups excluding carboxylic acids is 1. The van der Waals surface area contributed by atoms with Crippen LogP contribution in [0.5, 0.6) is 0 Å². The van der Waals surface area contributed by atoms with Gasteiger partial charge in [-0.25, -0.2) is 4.79 Å². The molecule has 9 heteroatoms. The normalized spacial score (nSPS) is 34.9. The van der Waals surface area contributed by atoms with Gasteiger partial charge in [-0.05, 0) is 63.2 Å². The number of ether oxygens (including phenoxy) is 1. The molecule has 5 nitrogen and oxygen atoms in total. The maximum absolute atomic E-state index is 13.9. The molecule has 4 aliphatic carbocycles. The molecular formula is C15H21F2NO4S2. The summed E-state index contributed by atoms with van der Waals surface area (Å²) in [6.07, 6.45) is 6.16. The number of esters is 1. The van der Waals surface area contributed by atoms with Crippen LogP contribution in [0.15, 0.2) is 0 Å². The summed E-state index contributed by atoms with van der Waals surface area (Å²) in [5.41, 5.74) is -0.252. The molecule has 0 heterocycles. The first-order valence-electron chi connectivity index (χ1n) is 8.11. The monoisotopic (exact) mass is 381 g/mol. The summed E-state index contributed by atoms with van der Waals surface area (Å²) in [5, 5.41) is -4.66. The van der Waals surface area contributed by atoms with Gasteiger partial charge in [0.1, 0.15) is 0 Å². The summed E-state index contributed by atoms with van der Waals surface area (Å²) in [7, 11) is -5.24. The van der Waals surface area contributed by atoms with Crippen LogP contribution in [-0.2, 0) is 19.6 Å². The fourth-order valence-electron chi connectivity index (χ4n) is 5.13. The first kappa shape index (κ1) is 18.0. The number of sulfonamides is 1. The van der Waals surface area contributed by atoms with Gasteiger partial charge in [0.05, 0.1) is 11.6 Å². The summed E-state index contributed by atoms with van der Waals surface area (Å²) in [6.45, 7) is 1.01. The van der Waals surface area contributed by atoms with Crippen LogP contribution in [0, 0.1) is 23.2 Å². The molecule has 0 saturated heterocycles. The first-order valence-corrected chi connectivity index (χ1v) is 10.0. The van der Waals surface area contributed by atoms with Crippen LogP contribution in [0.4, 0.5) is 8.78 Å². The van der Waals surface area contributed by atoms with Crippen molar-refractivity contribution in [1.29, 1.82) is 0 Å². The Labute approximate surface area is 145 Å². The van der Waals surface area contributed by atoms with Crippen molar-refractivity contribution >= 4 is 33.2 Å². The van der Waals surface area contributed by atoms with Gasteiger partial charge in [0.2, 0.25) is 0 Å². The highest BCUT2D eigenvalue weighted by molar-refractivity contribution is 7.93. The number of thiocarbonyl (C=S) groups is 1. The molecule has 4 aliphatic rings. The van der Waals surface area contributed by atoms with Crippen molar-refractivity contribution in [2.45, 2.75) is 50.7 Å². The molecule has 0 spiro atoms. The van der Waals surface area contributed by atoms with Crippen molar-refractivity contribution in [3.63, 3.8) is 0 Å². The summed E-state index contributed by atoms with van der Waals surface area (Å²) in [4.78, 5) is 11.4. The third-order valence-corrected chi connectivity index (χ3v) is 7.18. The fraction of sp³-hybridized carbons (Fsp3) is 0.867. The fourth-order valence-corrected chi connectivity index (χ4v) is 6.25. The van der Waals surface area contributed by atoms with E-state index in [-0.39, 0.29) is 17.0 Å². The number of halogens is 2. The highest BCUT2D eigenvalue weighted by Gasteiger charge is 2.57. The first-order chi connectivity index (χ1) is 11.0.